The summed E-state index contributed by atoms with van der Waals surface area (Å²) < 4.78 is 0. The minimum atomic E-state index is -0.397. The van der Waals surface area contributed by atoms with Gasteiger partial charge >= 0.3 is 0 Å². The molecule has 1 atom stereocenters. The van der Waals surface area contributed by atoms with Crippen LogP contribution in [0, 0.1) is 0 Å². The van der Waals surface area contributed by atoms with Gasteiger partial charge in [0.1, 0.15) is 0 Å². The third-order valence-electron chi connectivity index (χ3n) is 4.17. The molecule has 0 aromatic heterocycles. The molecule has 2 N–H and O–H groups in total. The molecule has 0 radical (unpaired) electrons. The average Bonchev–Trinajstić information content (AvgIpc) is 2.92. The van der Waals surface area contributed by atoms with Gasteiger partial charge in [-0.05, 0) is 45.2 Å². The maximum absolute atomic E-state index is 12.1. The Morgan fingerprint density at radius 2 is 1.89 bits per heavy atom. The molecule has 4 heteroatoms. The van der Waals surface area contributed by atoms with Gasteiger partial charge in [0.15, 0.2) is 0 Å². The molecule has 2 saturated heterocycles. The van der Waals surface area contributed by atoms with E-state index in [4.69, 9.17) is 5.73 Å². The highest BCUT2D eigenvalue weighted by Crippen LogP contribution is 2.21. The van der Waals surface area contributed by atoms with Crippen molar-refractivity contribution in [1.29, 1.82) is 0 Å². The Morgan fingerprint density at radius 3 is 2.44 bits per heavy atom. The standard InChI is InChI=1S/C14H25N3O/c1-2-5-13(15)14(18)17-10-6-12(7-11-17)16-8-3-4-9-16/h2,12-13H,1,3-11,15H2. The van der Waals surface area contributed by atoms with Gasteiger partial charge in [-0.1, -0.05) is 6.08 Å². The Bertz CT molecular complexity index is 291. The van der Waals surface area contributed by atoms with E-state index in [9.17, 15) is 4.79 Å². The van der Waals surface area contributed by atoms with Crippen molar-refractivity contribution in [1.82, 2.24) is 9.80 Å². The highest BCUT2D eigenvalue weighted by molar-refractivity contribution is 5.81. The van der Waals surface area contributed by atoms with E-state index in [-0.39, 0.29) is 5.91 Å². The number of hydrogen-bond donors (Lipinski definition) is 1. The van der Waals surface area contributed by atoms with E-state index in [0.717, 1.165) is 25.9 Å². The van der Waals surface area contributed by atoms with Gasteiger partial charge in [0.2, 0.25) is 5.91 Å². The molecule has 0 spiro atoms. The van der Waals surface area contributed by atoms with Gasteiger partial charge in [0, 0.05) is 19.1 Å². The van der Waals surface area contributed by atoms with Crippen molar-refractivity contribution in [3.8, 4) is 0 Å². The molecular formula is C14H25N3O. The maximum atomic E-state index is 12.1. The second-order valence-electron chi connectivity index (χ2n) is 5.43. The van der Waals surface area contributed by atoms with Crippen LogP contribution in [0.25, 0.3) is 0 Å². The number of nitrogens with two attached hydrogens (primary N) is 1. The van der Waals surface area contributed by atoms with Crippen molar-refractivity contribution in [2.24, 2.45) is 5.73 Å². The maximum Gasteiger partial charge on any atom is 0.239 e. The lowest BCUT2D eigenvalue weighted by Crippen LogP contribution is -2.50. The third-order valence-corrected chi connectivity index (χ3v) is 4.17. The highest BCUT2D eigenvalue weighted by atomic mass is 16.2. The van der Waals surface area contributed by atoms with Crippen LogP contribution in [-0.4, -0.2) is 54.0 Å². The molecule has 2 fully saturated rings. The largest absolute Gasteiger partial charge is 0.341 e. The molecule has 2 aliphatic heterocycles. The Balaban J connectivity index is 1.78. The molecule has 18 heavy (non-hydrogen) atoms. The van der Waals surface area contributed by atoms with Gasteiger partial charge in [0.05, 0.1) is 6.04 Å². The van der Waals surface area contributed by atoms with Crippen LogP contribution in [0.2, 0.25) is 0 Å². The van der Waals surface area contributed by atoms with Crippen LogP contribution >= 0.6 is 0 Å². The molecule has 0 saturated carbocycles. The Labute approximate surface area is 110 Å². The molecule has 4 nitrogen and oxygen atoms in total. The smallest absolute Gasteiger partial charge is 0.239 e. The molecule has 2 aliphatic rings. The summed E-state index contributed by atoms with van der Waals surface area (Å²) in [7, 11) is 0. The summed E-state index contributed by atoms with van der Waals surface area (Å²) in [6, 6.07) is 0.290. The molecule has 0 aromatic carbocycles. The van der Waals surface area contributed by atoms with Crippen LogP contribution in [-0.2, 0) is 4.79 Å². The number of carbonyl (C=O) groups is 1. The SMILES string of the molecule is C=CCC(N)C(=O)N1CCC(N2CCCC2)CC1. The summed E-state index contributed by atoms with van der Waals surface area (Å²) in [5, 5.41) is 0. The van der Waals surface area contributed by atoms with Crippen LogP contribution in [0.5, 0.6) is 0 Å². The first kappa shape index (κ1) is 13.6. The first-order chi connectivity index (χ1) is 8.72. The summed E-state index contributed by atoms with van der Waals surface area (Å²) in [4.78, 5) is 16.6. The van der Waals surface area contributed by atoms with Crippen LogP contribution < -0.4 is 5.73 Å². The molecule has 0 aromatic rings. The topological polar surface area (TPSA) is 49.6 Å². The Kier molecular flexibility index (Phi) is 4.78. The predicted octanol–water partition coefficient (Wildman–Crippen LogP) is 0.977. The first-order valence-electron chi connectivity index (χ1n) is 7.11. The van der Waals surface area contributed by atoms with E-state index in [1.165, 1.54) is 25.9 Å². The van der Waals surface area contributed by atoms with Crippen molar-refractivity contribution < 1.29 is 4.79 Å². The number of amides is 1. The fourth-order valence-electron chi connectivity index (χ4n) is 3.07. The van der Waals surface area contributed by atoms with Crippen molar-refractivity contribution in [3.63, 3.8) is 0 Å². The van der Waals surface area contributed by atoms with Crippen molar-refractivity contribution in [2.75, 3.05) is 26.2 Å². The summed E-state index contributed by atoms with van der Waals surface area (Å²) in [5.74, 6) is 0.0924. The van der Waals surface area contributed by atoms with E-state index in [1.54, 1.807) is 6.08 Å². The van der Waals surface area contributed by atoms with Gasteiger partial charge in [0.25, 0.3) is 0 Å². The number of rotatable bonds is 4. The van der Waals surface area contributed by atoms with Gasteiger partial charge in [-0.3, -0.25) is 4.79 Å². The fraction of sp³-hybridized carbons (Fsp3) is 0.786. The zero-order valence-electron chi connectivity index (χ0n) is 11.2. The molecular weight excluding hydrogens is 226 g/mol. The second kappa shape index (κ2) is 6.34. The summed E-state index contributed by atoms with van der Waals surface area (Å²) in [6.45, 7) is 7.86. The van der Waals surface area contributed by atoms with E-state index >= 15 is 0 Å². The molecule has 0 bridgehead atoms. The molecule has 1 amide bonds. The normalized spacial score (nSPS) is 24.2. The molecule has 0 aliphatic carbocycles. The number of nitrogens with zero attached hydrogens (tertiary/aromatic N) is 2. The number of likely N-dealkylation sites (tertiary alicyclic amines) is 2. The van der Waals surface area contributed by atoms with Gasteiger partial charge < -0.3 is 15.5 Å². The van der Waals surface area contributed by atoms with E-state index < -0.39 is 6.04 Å². The molecule has 1 unspecified atom stereocenters. The predicted molar refractivity (Wildman–Crippen MR) is 73.2 cm³/mol. The fourth-order valence-corrected chi connectivity index (χ4v) is 3.07. The van der Waals surface area contributed by atoms with Crippen molar-refractivity contribution in [3.05, 3.63) is 12.7 Å². The van der Waals surface area contributed by atoms with Gasteiger partial charge in [-0.2, -0.15) is 0 Å². The number of piperidine rings is 1. The molecule has 2 rings (SSSR count). The van der Waals surface area contributed by atoms with Crippen LogP contribution in [0.1, 0.15) is 32.1 Å². The lowest BCUT2D eigenvalue weighted by molar-refractivity contribution is -0.134. The zero-order valence-corrected chi connectivity index (χ0v) is 11.2. The molecule has 102 valence electrons. The van der Waals surface area contributed by atoms with Crippen LogP contribution in [0.15, 0.2) is 12.7 Å². The van der Waals surface area contributed by atoms with E-state index in [1.807, 2.05) is 4.90 Å². The Hall–Kier alpha value is -0.870. The second-order valence-corrected chi connectivity index (χ2v) is 5.43. The van der Waals surface area contributed by atoms with E-state index in [2.05, 4.69) is 11.5 Å². The quantitative estimate of drug-likeness (QED) is 0.758. The minimum Gasteiger partial charge on any atom is -0.341 e. The number of carbonyl (C=O) groups excluding carboxylic acids is 1. The highest BCUT2D eigenvalue weighted by Gasteiger charge is 2.29. The van der Waals surface area contributed by atoms with E-state index in [0.29, 0.717) is 12.5 Å². The Morgan fingerprint density at radius 1 is 1.28 bits per heavy atom. The van der Waals surface area contributed by atoms with Crippen molar-refractivity contribution >= 4 is 5.91 Å². The minimum absolute atomic E-state index is 0.0924. The van der Waals surface area contributed by atoms with Gasteiger partial charge in [-0.15, -0.1) is 6.58 Å². The molecule has 2 heterocycles. The summed E-state index contributed by atoms with van der Waals surface area (Å²) in [5.41, 5.74) is 5.84. The lowest BCUT2D eigenvalue weighted by atomic mass is 10.0. The van der Waals surface area contributed by atoms with Crippen LogP contribution in [0.3, 0.4) is 0 Å². The summed E-state index contributed by atoms with van der Waals surface area (Å²) >= 11 is 0. The summed E-state index contributed by atoms with van der Waals surface area (Å²) in [6.07, 6.45) is 7.18. The monoisotopic (exact) mass is 251 g/mol. The third kappa shape index (κ3) is 3.12. The number of hydrogen-bond acceptors (Lipinski definition) is 3. The first-order valence-corrected chi connectivity index (χ1v) is 7.11. The van der Waals surface area contributed by atoms with Crippen LogP contribution in [0.4, 0.5) is 0 Å². The van der Waals surface area contributed by atoms with Crippen molar-refractivity contribution in [2.45, 2.75) is 44.2 Å². The zero-order chi connectivity index (χ0) is 13.0. The lowest BCUT2D eigenvalue weighted by Gasteiger charge is -2.37. The average molecular weight is 251 g/mol. The van der Waals surface area contributed by atoms with Gasteiger partial charge in [-0.25, -0.2) is 0 Å².